The first-order chi connectivity index (χ1) is 8.21. The highest BCUT2D eigenvalue weighted by Crippen LogP contribution is 2.36. The molecule has 0 saturated carbocycles. The zero-order chi connectivity index (χ0) is 13.9. The van der Waals surface area contributed by atoms with Crippen LogP contribution in [0.25, 0.3) is 0 Å². The molecule has 1 atom stereocenters. The molecule has 1 aromatic carbocycles. The molecule has 1 unspecified atom stereocenters. The second-order valence-corrected chi connectivity index (χ2v) is 3.71. The van der Waals surface area contributed by atoms with E-state index in [4.69, 9.17) is 5.11 Å². The minimum absolute atomic E-state index is 0.0824. The van der Waals surface area contributed by atoms with E-state index in [1.807, 2.05) is 0 Å². The summed E-state index contributed by atoms with van der Waals surface area (Å²) in [6, 6.07) is 2.41. The predicted molar refractivity (Wildman–Crippen MR) is 58.3 cm³/mol. The number of nitrogens with one attached hydrogen (secondary N) is 1. The lowest BCUT2D eigenvalue weighted by atomic mass is 10.1. The predicted octanol–water partition coefficient (Wildman–Crippen LogP) is 2.41. The number of alkyl halides is 3. The van der Waals surface area contributed by atoms with Crippen molar-refractivity contribution in [3.63, 3.8) is 0 Å². The van der Waals surface area contributed by atoms with Crippen LogP contribution in [0.2, 0.25) is 0 Å². The molecular weight excluding hydrogens is 253 g/mol. The Hall–Kier alpha value is -1.83. The number of aliphatic hydroxyl groups excluding tert-OH is 1. The summed E-state index contributed by atoms with van der Waals surface area (Å²) >= 11 is 0. The topological polar surface area (TPSA) is 75.4 Å². The van der Waals surface area contributed by atoms with Crippen molar-refractivity contribution in [1.29, 1.82) is 0 Å². The first-order valence-corrected chi connectivity index (χ1v) is 4.99. The zero-order valence-corrected chi connectivity index (χ0v) is 9.36. The van der Waals surface area contributed by atoms with E-state index in [1.54, 1.807) is 0 Å². The van der Waals surface area contributed by atoms with Gasteiger partial charge in [-0.15, -0.1) is 0 Å². The van der Waals surface area contributed by atoms with Gasteiger partial charge in [-0.25, -0.2) is 0 Å². The average molecular weight is 264 g/mol. The monoisotopic (exact) mass is 264 g/mol. The van der Waals surface area contributed by atoms with Gasteiger partial charge in [0, 0.05) is 24.4 Å². The molecule has 0 aliphatic rings. The second kappa shape index (κ2) is 5.21. The standard InChI is InChI=1S/C10H11F3N2O3/c1-6(16)5-14-9-3-2-7(15(17)18)4-8(9)10(11,12)13/h2-4,6,14,16H,5H2,1H3. The van der Waals surface area contributed by atoms with Crippen LogP contribution in [-0.2, 0) is 6.18 Å². The molecule has 1 rings (SSSR count). The Morgan fingerprint density at radius 1 is 1.50 bits per heavy atom. The first-order valence-electron chi connectivity index (χ1n) is 4.99. The quantitative estimate of drug-likeness (QED) is 0.646. The van der Waals surface area contributed by atoms with Crippen LogP contribution in [0.4, 0.5) is 24.5 Å². The van der Waals surface area contributed by atoms with Crippen molar-refractivity contribution < 1.29 is 23.2 Å². The summed E-state index contributed by atoms with van der Waals surface area (Å²) < 4.78 is 38.1. The van der Waals surface area contributed by atoms with Gasteiger partial charge < -0.3 is 10.4 Å². The van der Waals surface area contributed by atoms with Crippen LogP contribution in [0.1, 0.15) is 12.5 Å². The van der Waals surface area contributed by atoms with Crippen LogP contribution in [0.3, 0.4) is 0 Å². The van der Waals surface area contributed by atoms with Crippen molar-refractivity contribution in [2.45, 2.75) is 19.2 Å². The summed E-state index contributed by atoms with van der Waals surface area (Å²) in [5.74, 6) is 0. The summed E-state index contributed by atoms with van der Waals surface area (Å²) in [5, 5.41) is 21.8. The molecule has 0 saturated heterocycles. The number of aliphatic hydroxyl groups is 1. The van der Waals surface area contributed by atoms with Gasteiger partial charge in [0.15, 0.2) is 0 Å². The molecule has 0 bridgehead atoms. The van der Waals surface area contributed by atoms with Gasteiger partial charge in [-0.1, -0.05) is 0 Å². The number of anilines is 1. The van der Waals surface area contributed by atoms with E-state index in [9.17, 15) is 23.3 Å². The maximum atomic E-state index is 12.7. The summed E-state index contributed by atoms with van der Waals surface area (Å²) in [5.41, 5.74) is -2.06. The molecule has 0 amide bonds. The Balaban J connectivity index is 3.13. The number of nitro benzene ring substituents is 1. The van der Waals surface area contributed by atoms with Gasteiger partial charge in [-0.3, -0.25) is 10.1 Å². The second-order valence-electron chi connectivity index (χ2n) is 3.71. The summed E-state index contributed by atoms with van der Waals surface area (Å²) in [4.78, 5) is 9.54. The molecule has 0 heterocycles. The molecule has 0 aliphatic heterocycles. The van der Waals surface area contributed by atoms with E-state index in [2.05, 4.69) is 5.32 Å². The number of nitrogens with zero attached hydrogens (tertiary/aromatic N) is 1. The molecule has 8 heteroatoms. The molecule has 0 aromatic heterocycles. The fourth-order valence-electron chi connectivity index (χ4n) is 1.29. The highest BCUT2D eigenvalue weighted by atomic mass is 19.4. The van der Waals surface area contributed by atoms with E-state index >= 15 is 0 Å². The van der Waals surface area contributed by atoms with Crippen LogP contribution >= 0.6 is 0 Å². The number of nitro groups is 1. The maximum absolute atomic E-state index is 12.7. The van der Waals surface area contributed by atoms with E-state index in [-0.39, 0.29) is 12.2 Å². The fraction of sp³-hybridized carbons (Fsp3) is 0.400. The molecular formula is C10H11F3N2O3. The largest absolute Gasteiger partial charge is 0.418 e. The number of rotatable bonds is 4. The van der Waals surface area contributed by atoms with Gasteiger partial charge in [0.1, 0.15) is 0 Å². The SMILES string of the molecule is CC(O)CNc1ccc([N+](=O)[O-])cc1C(F)(F)F. The van der Waals surface area contributed by atoms with Gasteiger partial charge in [0.25, 0.3) is 5.69 Å². The van der Waals surface area contributed by atoms with Gasteiger partial charge >= 0.3 is 6.18 Å². The zero-order valence-electron chi connectivity index (χ0n) is 9.36. The van der Waals surface area contributed by atoms with Crippen LogP contribution in [0, 0.1) is 10.1 Å². The van der Waals surface area contributed by atoms with Gasteiger partial charge in [-0.2, -0.15) is 13.2 Å². The van der Waals surface area contributed by atoms with Gasteiger partial charge in [0.05, 0.1) is 16.6 Å². The number of hydrogen-bond acceptors (Lipinski definition) is 4. The number of benzene rings is 1. The molecule has 1 aromatic rings. The Labute approximate surface area is 100 Å². The maximum Gasteiger partial charge on any atom is 0.418 e. The lowest BCUT2D eigenvalue weighted by Gasteiger charge is -2.15. The van der Waals surface area contributed by atoms with E-state index in [0.29, 0.717) is 6.07 Å². The molecule has 5 nitrogen and oxygen atoms in total. The van der Waals surface area contributed by atoms with Gasteiger partial charge in [-0.05, 0) is 13.0 Å². The third-order valence-corrected chi connectivity index (χ3v) is 2.11. The molecule has 0 spiro atoms. The summed E-state index contributed by atoms with van der Waals surface area (Å²) in [6.07, 6.45) is -5.53. The Kier molecular flexibility index (Phi) is 4.12. The minimum atomic E-state index is -4.70. The van der Waals surface area contributed by atoms with Crippen LogP contribution in [-0.4, -0.2) is 22.7 Å². The van der Waals surface area contributed by atoms with Crippen molar-refractivity contribution in [1.82, 2.24) is 0 Å². The van der Waals surface area contributed by atoms with Crippen molar-refractivity contribution in [3.05, 3.63) is 33.9 Å². The number of hydrogen-bond donors (Lipinski definition) is 2. The molecule has 0 fully saturated rings. The van der Waals surface area contributed by atoms with E-state index in [0.717, 1.165) is 12.1 Å². The average Bonchev–Trinajstić information content (AvgIpc) is 2.24. The third kappa shape index (κ3) is 3.59. The molecule has 100 valence electrons. The van der Waals surface area contributed by atoms with Crippen molar-refractivity contribution in [2.75, 3.05) is 11.9 Å². The lowest BCUT2D eigenvalue weighted by Crippen LogP contribution is -2.18. The van der Waals surface area contributed by atoms with Gasteiger partial charge in [0.2, 0.25) is 0 Å². The fourth-order valence-corrected chi connectivity index (χ4v) is 1.29. The van der Waals surface area contributed by atoms with E-state index < -0.39 is 28.5 Å². The Bertz CT molecular complexity index is 446. The molecule has 18 heavy (non-hydrogen) atoms. The summed E-state index contributed by atoms with van der Waals surface area (Å²) in [6.45, 7) is 1.33. The molecule has 0 aliphatic carbocycles. The van der Waals surface area contributed by atoms with Crippen LogP contribution in [0.5, 0.6) is 0 Å². The highest BCUT2D eigenvalue weighted by Gasteiger charge is 2.35. The Morgan fingerprint density at radius 3 is 2.56 bits per heavy atom. The third-order valence-electron chi connectivity index (χ3n) is 2.11. The highest BCUT2D eigenvalue weighted by molar-refractivity contribution is 5.57. The molecule has 2 N–H and O–H groups in total. The minimum Gasteiger partial charge on any atom is -0.392 e. The first kappa shape index (κ1) is 14.2. The molecule has 0 radical (unpaired) electrons. The van der Waals surface area contributed by atoms with Crippen LogP contribution in [0.15, 0.2) is 18.2 Å². The van der Waals surface area contributed by atoms with Crippen molar-refractivity contribution in [3.8, 4) is 0 Å². The van der Waals surface area contributed by atoms with Crippen LogP contribution < -0.4 is 5.32 Å². The number of non-ortho nitro benzene ring substituents is 1. The lowest BCUT2D eigenvalue weighted by molar-refractivity contribution is -0.385. The van der Waals surface area contributed by atoms with E-state index in [1.165, 1.54) is 6.92 Å². The number of halogens is 3. The normalized spacial score (nSPS) is 13.2. The Morgan fingerprint density at radius 2 is 2.11 bits per heavy atom. The smallest absolute Gasteiger partial charge is 0.392 e. The van der Waals surface area contributed by atoms with Crippen molar-refractivity contribution >= 4 is 11.4 Å². The summed E-state index contributed by atoms with van der Waals surface area (Å²) in [7, 11) is 0. The van der Waals surface area contributed by atoms with Crippen molar-refractivity contribution in [2.24, 2.45) is 0 Å².